The number of carbonyl (C=O) groups is 1. The Morgan fingerprint density at radius 3 is 2.47 bits per heavy atom. The molecule has 0 saturated heterocycles. The van der Waals surface area contributed by atoms with Crippen molar-refractivity contribution in [2.45, 2.75) is 32.5 Å². The van der Waals surface area contributed by atoms with E-state index in [0.717, 1.165) is 28.7 Å². The number of nitrogens with zero attached hydrogens (tertiary/aromatic N) is 3. The first-order valence-electron chi connectivity index (χ1n) is 10.3. The molecule has 1 aromatic heterocycles. The minimum atomic E-state index is -0.752. The molecule has 1 aliphatic rings. The fourth-order valence-electron chi connectivity index (χ4n) is 3.60. The molecule has 1 amide bonds. The van der Waals surface area contributed by atoms with Gasteiger partial charge in [-0.1, -0.05) is 41.1 Å². The Balaban J connectivity index is 0.00000289. The third kappa shape index (κ3) is 4.96. The minimum Gasteiger partial charge on any atom is -0.482 e. The maximum absolute atomic E-state index is 13.7. The number of aryl methyl sites for hydroxylation is 1. The lowest BCUT2D eigenvalue weighted by Gasteiger charge is -2.33. The van der Waals surface area contributed by atoms with Crippen LogP contribution in [-0.2, 0) is 4.79 Å². The van der Waals surface area contributed by atoms with E-state index in [1.807, 2.05) is 64.3 Å². The lowest BCUT2D eigenvalue weighted by molar-refractivity contribution is -0.130. The largest absolute Gasteiger partial charge is 0.482 e. The molecule has 4 rings (SSSR count). The van der Waals surface area contributed by atoms with Crippen molar-refractivity contribution in [3.05, 3.63) is 47.0 Å². The van der Waals surface area contributed by atoms with Crippen molar-refractivity contribution in [3.63, 3.8) is 0 Å². The van der Waals surface area contributed by atoms with Gasteiger partial charge in [0, 0.05) is 6.54 Å². The van der Waals surface area contributed by atoms with Crippen molar-refractivity contribution in [1.29, 1.82) is 0 Å². The van der Waals surface area contributed by atoms with Crippen molar-refractivity contribution in [2.75, 3.05) is 32.1 Å². The summed E-state index contributed by atoms with van der Waals surface area (Å²) in [6.07, 6.45) is -0.365. The molecular weight excluding hydrogens is 469 g/mol. The molecule has 0 bridgehead atoms. The van der Waals surface area contributed by atoms with Crippen molar-refractivity contribution >= 4 is 56.6 Å². The van der Waals surface area contributed by atoms with E-state index in [4.69, 9.17) is 26.1 Å². The Morgan fingerprint density at radius 1 is 1.12 bits per heavy atom. The number of ether oxygens (including phenoxy) is 2. The highest BCUT2D eigenvalue weighted by molar-refractivity contribution is 7.23. The highest BCUT2D eigenvalue weighted by Gasteiger charge is 2.38. The molecule has 6 nitrogen and oxygen atoms in total. The van der Waals surface area contributed by atoms with E-state index < -0.39 is 12.2 Å². The predicted molar refractivity (Wildman–Crippen MR) is 133 cm³/mol. The third-order valence-electron chi connectivity index (χ3n) is 5.26. The fraction of sp³-hybridized carbons (Fsp3) is 0.391. The van der Waals surface area contributed by atoms with Crippen LogP contribution in [0.3, 0.4) is 0 Å². The molecule has 0 spiro atoms. The number of amides is 1. The van der Waals surface area contributed by atoms with Gasteiger partial charge < -0.3 is 14.4 Å². The fourth-order valence-corrected chi connectivity index (χ4v) is 4.94. The van der Waals surface area contributed by atoms with Crippen LogP contribution in [0.2, 0.25) is 5.02 Å². The third-order valence-corrected chi connectivity index (χ3v) is 6.79. The Hall–Kier alpha value is -2.06. The van der Waals surface area contributed by atoms with Gasteiger partial charge in [0.1, 0.15) is 6.10 Å². The number of para-hydroxylation sites is 2. The van der Waals surface area contributed by atoms with E-state index in [1.165, 1.54) is 11.3 Å². The molecular formula is C23H27Cl2N3O3S. The molecule has 0 saturated carbocycles. The zero-order valence-electron chi connectivity index (χ0n) is 18.5. The van der Waals surface area contributed by atoms with E-state index >= 15 is 0 Å². The summed E-state index contributed by atoms with van der Waals surface area (Å²) in [4.78, 5) is 22.3. The average Bonchev–Trinajstić information content (AvgIpc) is 3.19. The number of halogens is 2. The summed E-state index contributed by atoms with van der Waals surface area (Å²) >= 11 is 7.85. The summed E-state index contributed by atoms with van der Waals surface area (Å²) in [6, 6.07) is 11.2. The summed E-state index contributed by atoms with van der Waals surface area (Å²) in [7, 11) is 4.04. The van der Waals surface area contributed by atoms with Crippen LogP contribution in [-0.4, -0.2) is 55.2 Å². The molecule has 0 fully saturated rings. The molecule has 0 radical (unpaired) electrons. The topological polar surface area (TPSA) is 54.9 Å². The average molecular weight is 496 g/mol. The zero-order valence-corrected chi connectivity index (χ0v) is 20.9. The summed E-state index contributed by atoms with van der Waals surface area (Å²) in [5.41, 5.74) is 1.86. The molecule has 0 aliphatic carbocycles. The second-order valence-corrected chi connectivity index (χ2v) is 9.38. The van der Waals surface area contributed by atoms with Crippen molar-refractivity contribution in [3.8, 4) is 11.5 Å². The predicted octanol–water partition coefficient (Wildman–Crippen LogP) is 5.19. The SMILES string of the molecule is Cc1ccc(Cl)c2sc(N(CCCN(C)C)C(=O)C3Oc4ccccc4OC3C)nc12.Cl. The van der Waals surface area contributed by atoms with Gasteiger partial charge in [0.05, 0.1) is 15.2 Å². The van der Waals surface area contributed by atoms with Gasteiger partial charge in [-0.3, -0.25) is 9.69 Å². The van der Waals surface area contributed by atoms with Crippen LogP contribution < -0.4 is 14.4 Å². The first-order valence-corrected chi connectivity index (χ1v) is 11.5. The smallest absolute Gasteiger partial charge is 0.273 e. The van der Waals surface area contributed by atoms with Crippen LogP contribution in [0.25, 0.3) is 10.2 Å². The first-order chi connectivity index (χ1) is 14.8. The number of anilines is 1. The number of rotatable bonds is 6. The molecule has 3 aromatic rings. The Kier molecular flexibility index (Phi) is 7.88. The monoisotopic (exact) mass is 495 g/mol. The van der Waals surface area contributed by atoms with Gasteiger partial charge in [0.15, 0.2) is 16.6 Å². The van der Waals surface area contributed by atoms with Gasteiger partial charge in [-0.15, -0.1) is 12.4 Å². The number of thiazole rings is 1. The second kappa shape index (κ2) is 10.3. The Morgan fingerprint density at radius 2 is 1.81 bits per heavy atom. The van der Waals surface area contributed by atoms with Crippen LogP contribution in [0.15, 0.2) is 36.4 Å². The lowest BCUT2D eigenvalue weighted by Crippen LogP contribution is -2.51. The number of carbonyl (C=O) groups excluding carboxylic acids is 1. The van der Waals surface area contributed by atoms with Gasteiger partial charge >= 0.3 is 0 Å². The number of hydrogen-bond acceptors (Lipinski definition) is 6. The molecule has 9 heteroatoms. The molecule has 2 heterocycles. The van der Waals surface area contributed by atoms with Gasteiger partial charge in [0.2, 0.25) is 6.10 Å². The summed E-state index contributed by atoms with van der Waals surface area (Å²) in [5, 5.41) is 1.27. The molecule has 1 aliphatic heterocycles. The maximum Gasteiger partial charge on any atom is 0.273 e. The van der Waals surface area contributed by atoms with E-state index in [2.05, 4.69) is 4.90 Å². The van der Waals surface area contributed by atoms with Gasteiger partial charge in [-0.05, 0) is 64.7 Å². The standard InChI is InChI=1S/C23H26ClN3O3S.ClH/c1-14-10-11-16(24)21-19(14)25-23(31-21)27(13-7-12-26(3)4)22(28)20-15(2)29-17-8-5-6-9-18(17)30-20;/h5-6,8-11,15,20H,7,12-13H2,1-4H3;1H. The van der Waals surface area contributed by atoms with E-state index in [1.54, 1.807) is 4.90 Å². The minimum absolute atomic E-state index is 0. The number of aromatic nitrogens is 1. The second-order valence-electron chi connectivity index (χ2n) is 7.99. The van der Waals surface area contributed by atoms with Gasteiger partial charge in [0.25, 0.3) is 5.91 Å². The molecule has 32 heavy (non-hydrogen) atoms. The van der Waals surface area contributed by atoms with E-state index in [0.29, 0.717) is 28.2 Å². The van der Waals surface area contributed by atoms with Crippen LogP contribution in [0.1, 0.15) is 18.9 Å². The molecule has 2 unspecified atom stereocenters. The normalized spacial score (nSPS) is 17.3. The van der Waals surface area contributed by atoms with E-state index in [9.17, 15) is 4.79 Å². The van der Waals surface area contributed by atoms with Crippen LogP contribution >= 0.6 is 35.3 Å². The summed E-state index contributed by atoms with van der Waals surface area (Å²) in [5.74, 6) is 1.07. The van der Waals surface area contributed by atoms with Crippen LogP contribution in [0.5, 0.6) is 11.5 Å². The number of benzene rings is 2. The Bertz CT molecular complexity index is 1070. The first kappa shape index (κ1) is 24.6. The molecule has 0 N–H and O–H groups in total. The molecule has 2 aromatic carbocycles. The quantitative estimate of drug-likeness (QED) is 0.470. The van der Waals surface area contributed by atoms with Crippen molar-refractivity contribution < 1.29 is 14.3 Å². The lowest BCUT2D eigenvalue weighted by atomic mass is 10.1. The van der Waals surface area contributed by atoms with Crippen molar-refractivity contribution in [2.24, 2.45) is 0 Å². The molecule has 2 atom stereocenters. The van der Waals surface area contributed by atoms with Gasteiger partial charge in [-0.2, -0.15) is 0 Å². The highest BCUT2D eigenvalue weighted by atomic mass is 35.5. The summed E-state index contributed by atoms with van der Waals surface area (Å²) in [6.45, 7) is 5.24. The van der Waals surface area contributed by atoms with Crippen LogP contribution in [0.4, 0.5) is 5.13 Å². The molecule has 172 valence electrons. The highest BCUT2D eigenvalue weighted by Crippen LogP contribution is 2.38. The number of fused-ring (bicyclic) bond motifs is 2. The maximum atomic E-state index is 13.7. The number of hydrogen-bond donors (Lipinski definition) is 0. The van der Waals surface area contributed by atoms with Crippen molar-refractivity contribution in [1.82, 2.24) is 9.88 Å². The Labute approximate surface area is 203 Å². The summed E-state index contributed by atoms with van der Waals surface area (Å²) < 4.78 is 12.9. The van der Waals surface area contributed by atoms with Crippen LogP contribution in [0, 0.1) is 6.92 Å². The van der Waals surface area contributed by atoms with E-state index in [-0.39, 0.29) is 18.3 Å². The zero-order chi connectivity index (χ0) is 22.1. The van der Waals surface area contributed by atoms with Gasteiger partial charge in [-0.25, -0.2) is 4.98 Å².